The molecule has 0 aliphatic heterocycles. The van der Waals surface area contributed by atoms with E-state index in [0.29, 0.717) is 0 Å². The van der Waals surface area contributed by atoms with Gasteiger partial charge in [-0.2, -0.15) is 0 Å². The average Bonchev–Trinajstić information content (AvgIpc) is 2.77. The van der Waals surface area contributed by atoms with E-state index in [9.17, 15) is 0 Å². The minimum absolute atomic E-state index is 0.730. The van der Waals surface area contributed by atoms with Gasteiger partial charge >= 0.3 is 0 Å². The average molecular weight is 539 g/mol. The minimum Gasteiger partial charge on any atom is -0.448 e. The van der Waals surface area contributed by atoms with Crippen LogP contribution in [0.1, 0.15) is 0 Å². The van der Waals surface area contributed by atoms with E-state index in [2.05, 4.69) is 57.3 Å². The van der Waals surface area contributed by atoms with Gasteiger partial charge < -0.3 is 4.42 Å². The number of halogens is 3. The molecule has 0 unspecified atom stereocenters. The molecule has 1 nitrogen and oxygen atoms in total. The SMILES string of the molecule is Clc1ccc(-c2oc(I)c(Sc3ccccc3)c2I)cc1. The highest BCUT2D eigenvalue weighted by atomic mass is 127. The Morgan fingerprint density at radius 3 is 2.24 bits per heavy atom. The molecule has 0 saturated carbocycles. The first-order chi connectivity index (χ1) is 10.1. The lowest BCUT2D eigenvalue weighted by molar-refractivity contribution is 0.544. The van der Waals surface area contributed by atoms with E-state index in [4.69, 9.17) is 16.0 Å². The molecule has 0 aliphatic rings. The van der Waals surface area contributed by atoms with E-state index in [1.165, 1.54) is 4.90 Å². The zero-order chi connectivity index (χ0) is 14.8. The van der Waals surface area contributed by atoms with Crippen LogP contribution >= 0.6 is 68.5 Å². The van der Waals surface area contributed by atoms with Crippen molar-refractivity contribution in [3.05, 3.63) is 67.0 Å². The van der Waals surface area contributed by atoms with Crippen LogP contribution in [0.4, 0.5) is 0 Å². The van der Waals surface area contributed by atoms with Crippen LogP contribution in [0.2, 0.25) is 5.02 Å². The van der Waals surface area contributed by atoms with Crippen LogP contribution < -0.4 is 0 Å². The second-order valence-electron chi connectivity index (χ2n) is 4.27. The molecule has 0 N–H and O–H groups in total. The van der Waals surface area contributed by atoms with Crippen LogP contribution in [-0.2, 0) is 0 Å². The van der Waals surface area contributed by atoms with Gasteiger partial charge in [0.2, 0.25) is 0 Å². The Kier molecular flexibility index (Phi) is 5.19. The van der Waals surface area contributed by atoms with Crippen molar-refractivity contribution in [2.75, 3.05) is 0 Å². The fourth-order valence-corrected chi connectivity index (χ4v) is 5.14. The summed E-state index contributed by atoms with van der Waals surface area (Å²) in [5, 5.41) is 0.730. The first-order valence-corrected chi connectivity index (χ1v) is 9.47. The molecular weight excluding hydrogens is 530 g/mol. The number of hydrogen-bond acceptors (Lipinski definition) is 2. The van der Waals surface area contributed by atoms with Crippen molar-refractivity contribution in [1.29, 1.82) is 0 Å². The third-order valence-electron chi connectivity index (χ3n) is 2.84. The van der Waals surface area contributed by atoms with Gasteiger partial charge in [0.15, 0.2) is 3.77 Å². The molecule has 0 bridgehead atoms. The van der Waals surface area contributed by atoms with Gasteiger partial charge in [0.1, 0.15) is 5.76 Å². The number of hydrogen-bond donors (Lipinski definition) is 0. The van der Waals surface area contributed by atoms with Crippen molar-refractivity contribution in [2.45, 2.75) is 9.79 Å². The van der Waals surface area contributed by atoms with Gasteiger partial charge in [0.05, 0.1) is 8.47 Å². The Labute approximate surface area is 159 Å². The summed E-state index contributed by atoms with van der Waals surface area (Å²) in [5.41, 5.74) is 1.04. The molecule has 0 saturated heterocycles. The van der Waals surface area contributed by atoms with Gasteiger partial charge in [-0.3, -0.25) is 0 Å². The molecule has 0 fully saturated rings. The molecule has 2 aromatic carbocycles. The summed E-state index contributed by atoms with van der Waals surface area (Å²) in [6.45, 7) is 0. The van der Waals surface area contributed by atoms with Gasteiger partial charge in [-0.25, -0.2) is 0 Å². The third-order valence-corrected chi connectivity index (χ3v) is 6.71. The van der Waals surface area contributed by atoms with Crippen molar-refractivity contribution in [2.24, 2.45) is 0 Å². The van der Waals surface area contributed by atoms with Crippen molar-refractivity contribution < 1.29 is 4.42 Å². The molecule has 3 aromatic rings. The molecule has 0 amide bonds. The van der Waals surface area contributed by atoms with E-state index >= 15 is 0 Å². The second kappa shape index (κ2) is 6.93. The second-order valence-corrected chi connectivity index (χ2v) is 7.85. The lowest BCUT2D eigenvalue weighted by Crippen LogP contribution is -1.79. The Hall–Kier alpha value is -0.180. The molecule has 106 valence electrons. The molecule has 0 radical (unpaired) electrons. The van der Waals surface area contributed by atoms with E-state index in [-0.39, 0.29) is 0 Å². The van der Waals surface area contributed by atoms with E-state index < -0.39 is 0 Å². The van der Waals surface area contributed by atoms with Crippen LogP contribution in [0.15, 0.2) is 68.8 Å². The normalized spacial score (nSPS) is 10.8. The lowest BCUT2D eigenvalue weighted by atomic mass is 10.2. The summed E-state index contributed by atoms with van der Waals surface area (Å²) >= 11 is 12.3. The predicted molar refractivity (Wildman–Crippen MR) is 105 cm³/mol. The first-order valence-electron chi connectivity index (χ1n) is 6.12. The fourth-order valence-electron chi connectivity index (χ4n) is 1.85. The molecule has 3 rings (SSSR count). The minimum atomic E-state index is 0.730. The predicted octanol–water partition coefficient (Wildman–Crippen LogP) is 6.96. The smallest absolute Gasteiger partial charge is 0.179 e. The quantitative estimate of drug-likeness (QED) is 0.335. The summed E-state index contributed by atoms with van der Waals surface area (Å²) in [7, 11) is 0. The maximum Gasteiger partial charge on any atom is 0.179 e. The van der Waals surface area contributed by atoms with Crippen LogP contribution in [0.5, 0.6) is 0 Å². The molecular formula is C16H9ClI2OS. The number of furan rings is 1. The fraction of sp³-hybridized carbons (Fsp3) is 0. The van der Waals surface area contributed by atoms with E-state index in [1.807, 2.05) is 42.5 Å². The maximum atomic E-state index is 5.96. The summed E-state index contributed by atoms with van der Waals surface area (Å²) in [5.74, 6) is 0.898. The summed E-state index contributed by atoms with van der Waals surface area (Å²) in [6, 6.07) is 18.0. The van der Waals surface area contributed by atoms with Gasteiger partial charge in [-0.15, -0.1) is 0 Å². The monoisotopic (exact) mass is 538 g/mol. The van der Waals surface area contributed by atoms with E-state index in [1.54, 1.807) is 11.8 Å². The highest BCUT2D eigenvalue weighted by Crippen LogP contribution is 2.42. The topological polar surface area (TPSA) is 13.1 Å². The summed E-state index contributed by atoms with van der Waals surface area (Å²) in [4.78, 5) is 2.36. The zero-order valence-corrected chi connectivity index (χ0v) is 16.5. The van der Waals surface area contributed by atoms with Crippen molar-refractivity contribution >= 4 is 68.5 Å². The van der Waals surface area contributed by atoms with Crippen LogP contribution in [0.25, 0.3) is 11.3 Å². The van der Waals surface area contributed by atoms with Crippen molar-refractivity contribution in [3.63, 3.8) is 0 Å². The molecule has 0 spiro atoms. The highest BCUT2D eigenvalue weighted by Gasteiger charge is 2.19. The molecule has 1 aromatic heterocycles. The van der Waals surface area contributed by atoms with E-state index in [0.717, 1.165) is 28.6 Å². The third kappa shape index (κ3) is 3.60. The van der Waals surface area contributed by atoms with Gasteiger partial charge in [0.25, 0.3) is 0 Å². The van der Waals surface area contributed by atoms with Crippen molar-refractivity contribution in [3.8, 4) is 11.3 Å². The summed E-state index contributed by atoms with van der Waals surface area (Å²) in [6.07, 6.45) is 0. The lowest BCUT2D eigenvalue weighted by Gasteiger charge is -2.00. The number of benzene rings is 2. The van der Waals surface area contributed by atoms with Gasteiger partial charge in [0, 0.05) is 38.1 Å². The Balaban J connectivity index is 1.98. The molecule has 21 heavy (non-hydrogen) atoms. The largest absolute Gasteiger partial charge is 0.448 e. The summed E-state index contributed by atoms with van der Waals surface area (Å²) < 4.78 is 8.00. The molecule has 1 heterocycles. The standard InChI is InChI=1S/C16H9ClI2OS/c17-11-8-6-10(7-9-11)14-13(18)15(16(19)20-14)21-12-4-2-1-3-5-12/h1-9H. The number of rotatable bonds is 3. The van der Waals surface area contributed by atoms with Crippen LogP contribution in [0.3, 0.4) is 0 Å². The molecule has 5 heteroatoms. The zero-order valence-electron chi connectivity index (χ0n) is 10.6. The van der Waals surface area contributed by atoms with Gasteiger partial charge in [-0.1, -0.05) is 41.6 Å². The maximum absolute atomic E-state index is 5.96. The first kappa shape index (κ1) is 15.7. The van der Waals surface area contributed by atoms with Gasteiger partial charge in [-0.05, 0) is 59.0 Å². The Morgan fingerprint density at radius 2 is 1.57 bits per heavy atom. The van der Waals surface area contributed by atoms with Crippen LogP contribution in [-0.4, -0.2) is 0 Å². The molecule has 0 atom stereocenters. The Morgan fingerprint density at radius 1 is 0.905 bits per heavy atom. The highest BCUT2D eigenvalue weighted by molar-refractivity contribution is 14.1. The molecule has 0 aliphatic carbocycles. The Bertz CT molecular complexity index is 754. The van der Waals surface area contributed by atoms with Crippen molar-refractivity contribution in [1.82, 2.24) is 0 Å². The van der Waals surface area contributed by atoms with Crippen LogP contribution in [0, 0.1) is 7.34 Å².